The molecule has 0 radical (unpaired) electrons. The number of carboxylic acid groups (broad SMARTS) is 1. The molecule has 0 amide bonds. The van der Waals surface area contributed by atoms with Crippen LogP contribution >= 0.6 is 11.3 Å². The zero-order valence-corrected chi connectivity index (χ0v) is 10.9. The number of nitrogens with zero attached hydrogens (tertiary/aromatic N) is 1. The van der Waals surface area contributed by atoms with Gasteiger partial charge in [0.05, 0.1) is 0 Å². The average molecular weight is 241 g/mol. The van der Waals surface area contributed by atoms with Crippen molar-refractivity contribution in [2.24, 2.45) is 0 Å². The number of carbonyl (C=O) groups is 1. The monoisotopic (exact) mass is 241 g/mol. The summed E-state index contributed by atoms with van der Waals surface area (Å²) in [5.41, 5.74) is 1.30. The number of aryl methyl sites for hydroxylation is 1. The van der Waals surface area contributed by atoms with Crippen molar-refractivity contribution in [3.8, 4) is 0 Å². The second kappa shape index (κ2) is 6.01. The van der Waals surface area contributed by atoms with Gasteiger partial charge in [0.1, 0.15) is 0 Å². The van der Waals surface area contributed by atoms with Crippen molar-refractivity contribution in [2.45, 2.75) is 32.2 Å². The Balaban J connectivity index is 2.62. The lowest BCUT2D eigenvalue weighted by molar-refractivity contribution is -0.137. The van der Waals surface area contributed by atoms with Crippen LogP contribution in [0.3, 0.4) is 0 Å². The van der Waals surface area contributed by atoms with Crippen LogP contribution in [-0.4, -0.2) is 30.1 Å². The van der Waals surface area contributed by atoms with E-state index in [1.165, 1.54) is 10.4 Å². The third-order valence-electron chi connectivity index (χ3n) is 2.70. The summed E-state index contributed by atoms with van der Waals surface area (Å²) >= 11 is 1.76. The Hall–Kier alpha value is -0.870. The van der Waals surface area contributed by atoms with Crippen LogP contribution in [0, 0.1) is 6.92 Å². The maximum atomic E-state index is 10.5. The summed E-state index contributed by atoms with van der Waals surface area (Å²) < 4.78 is 0. The topological polar surface area (TPSA) is 40.5 Å². The summed E-state index contributed by atoms with van der Waals surface area (Å²) in [6.07, 6.45) is 1.89. The maximum Gasteiger partial charge on any atom is 0.303 e. The van der Waals surface area contributed by atoms with Crippen molar-refractivity contribution in [3.05, 3.63) is 21.9 Å². The van der Waals surface area contributed by atoms with Crippen molar-refractivity contribution in [2.75, 3.05) is 14.1 Å². The number of thiophene rings is 1. The molecule has 0 saturated heterocycles. The lowest BCUT2D eigenvalue weighted by Gasteiger charge is -2.24. The zero-order chi connectivity index (χ0) is 12.1. The van der Waals surface area contributed by atoms with Crippen LogP contribution in [0.25, 0.3) is 0 Å². The van der Waals surface area contributed by atoms with E-state index >= 15 is 0 Å². The fourth-order valence-corrected chi connectivity index (χ4v) is 2.95. The first-order valence-electron chi connectivity index (χ1n) is 5.44. The zero-order valence-electron chi connectivity index (χ0n) is 10.1. The molecule has 0 bridgehead atoms. The summed E-state index contributed by atoms with van der Waals surface area (Å²) in [6, 6.07) is 2.47. The van der Waals surface area contributed by atoms with Crippen molar-refractivity contribution < 1.29 is 9.90 Å². The molecule has 3 nitrogen and oxygen atoms in total. The van der Waals surface area contributed by atoms with Gasteiger partial charge in [0.25, 0.3) is 0 Å². The van der Waals surface area contributed by atoms with Gasteiger partial charge < -0.3 is 10.0 Å². The number of rotatable bonds is 6. The van der Waals surface area contributed by atoms with E-state index in [2.05, 4.69) is 23.3 Å². The van der Waals surface area contributed by atoms with Gasteiger partial charge in [0, 0.05) is 17.3 Å². The molecule has 4 heteroatoms. The number of aliphatic carboxylic acids is 1. The Morgan fingerprint density at radius 2 is 2.25 bits per heavy atom. The smallest absolute Gasteiger partial charge is 0.303 e. The van der Waals surface area contributed by atoms with E-state index in [1.54, 1.807) is 11.3 Å². The van der Waals surface area contributed by atoms with Crippen LogP contribution in [0.5, 0.6) is 0 Å². The highest BCUT2D eigenvalue weighted by Crippen LogP contribution is 2.31. The Morgan fingerprint density at radius 1 is 1.56 bits per heavy atom. The standard InChI is InChI=1S/C12H19NO2S/c1-9-7-8-16-12(9)10(13(2)3)5-4-6-11(14)15/h7-8,10H,4-6H2,1-3H3,(H,14,15). The molecule has 0 aliphatic heterocycles. The molecule has 1 atom stereocenters. The van der Waals surface area contributed by atoms with Gasteiger partial charge in [-0.05, 0) is 50.9 Å². The van der Waals surface area contributed by atoms with E-state index in [-0.39, 0.29) is 6.42 Å². The van der Waals surface area contributed by atoms with Crippen molar-refractivity contribution in [1.82, 2.24) is 4.90 Å². The van der Waals surface area contributed by atoms with Crippen molar-refractivity contribution in [3.63, 3.8) is 0 Å². The molecule has 16 heavy (non-hydrogen) atoms. The predicted octanol–water partition coefficient (Wildman–Crippen LogP) is 2.91. The van der Waals surface area contributed by atoms with E-state index in [0.29, 0.717) is 6.04 Å². The van der Waals surface area contributed by atoms with Crippen LogP contribution < -0.4 is 0 Å². The maximum absolute atomic E-state index is 10.5. The second-order valence-corrected chi connectivity index (χ2v) is 5.18. The predicted molar refractivity (Wildman–Crippen MR) is 67.0 cm³/mol. The Morgan fingerprint density at radius 3 is 2.69 bits per heavy atom. The molecule has 0 aliphatic rings. The molecule has 0 saturated carbocycles. The fraction of sp³-hybridized carbons (Fsp3) is 0.583. The van der Waals surface area contributed by atoms with Gasteiger partial charge in [0.15, 0.2) is 0 Å². The quantitative estimate of drug-likeness (QED) is 0.832. The van der Waals surface area contributed by atoms with Crippen LogP contribution in [0.4, 0.5) is 0 Å². The SMILES string of the molecule is Cc1ccsc1C(CCCC(=O)O)N(C)C. The van der Waals surface area contributed by atoms with Gasteiger partial charge in [-0.3, -0.25) is 4.79 Å². The fourth-order valence-electron chi connectivity index (χ4n) is 1.80. The highest BCUT2D eigenvalue weighted by molar-refractivity contribution is 7.10. The Kier molecular flexibility index (Phi) is 4.96. The van der Waals surface area contributed by atoms with Gasteiger partial charge in [-0.15, -0.1) is 11.3 Å². The molecule has 0 spiro atoms. The molecule has 0 aromatic carbocycles. The number of hydrogen-bond donors (Lipinski definition) is 1. The average Bonchev–Trinajstić information content (AvgIpc) is 2.58. The van der Waals surface area contributed by atoms with Gasteiger partial charge in [-0.25, -0.2) is 0 Å². The molecular weight excluding hydrogens is 222 g/mol. The molecular formula is C12H19NO2S. The first kappa shape index (κ1) is 13.2. The van der Waals surface area contributed by atoms with Crippen molar-refractivity contribution in [1.29, 1.82) is 0 Å². The van der Waals surface area contributed by atoms with Crippen LogP contribution in [0.15, 0.2) is 11.4 Å². The number of hydrogen-bond acceptors (Lipinski definition) is 3. The third-order valence-corrected chi connectivity index (χ3v) is 3.82. The van der Waals surface area contributed by atoms with E-state index in [0.717, 1.165) is 12.8 Å². The lowest BCUT2D eigenvalue weighted by atomic mass is 10.0. The molecule has 1 rings (SSSR count). The molecule has 1 N–H and O–H groups in total. The minimum Gasteiger partial charge on any atom is -0.481 e. The van der Waals surface area contributed by atoms with Crippen LogP contribution in [0.1, 0.15) is 35.7 Å². The summed E-state index contributed by atoms with van der Waals surface area (Å²) in [7, 11) is 4.09. The minimum atomic E-state index is -0.708. The van der Waals surface area contributed by atoms with E-state index in [1.807, 2.05) is 14.1 Å². The highest BCUT2D eigenvalue weighted by atomic mass is 32.1. The first-order valence-corrected chi connectivity index (χ1v) is 6.32. The highest BCUT2D eigenvalue weighted by Gasteiger charge is 2.17. The summed E-state index contributed by atoms with van der Waals surface area (Å²) in [4.78, 5) is 14.0. The molecule has 1 unspecified atom stereocenters. The van der Waals surface area contributed by atoms with Crippen LogP contribution in [-0.2, 0) is 4.79 Å². The van der Waals surface area contributed by atoms with Gasteiger partial charge in [-0.1, -0.05) is 0 Å². The molecule has 1 aromatic heterocycles. The van der Waals surface area contributed by atoms with E-state index in [4.69, 9.17) is 5.11 Å². The Labute approximate surface area is 101 Å². The molecule has 90 valence electrons. The lowest BCUT2D eigenvalue weighted by Crippen LogP contribution is -2.20. The molecule has 0 aliphatic carbocycles. The minimum absolute atomic E-state index is 0.259. The summed E-state index contributed by atoms with van der Waals surface area (Å²) in [5.74, 6) is -0.708. The first-order chi connectivity index (χ1) is 7.52. The molecule has 0 fully saturated rings. The van der Waals surface area contributed by atoms with E-state index in [9.17, 15) is 4.79 Å². The van der Waals surface area contributed by atoms with Crippen molar-refractivity contribution >= 4 is 17.3 Å². The summed E-state index contributed by atoms with van der Waals surface area (Å²) in [6.45, 7) is 2.11. The van der Waals surface area contributed by atoms with Gasteiger partial charge in [0.2, 0.25) is 0 Å². The van der Waals surface area contributed by atoms with Crippen LogP contribution in [0.2, 0.25) is 0 Å². The summed E-state index contributed by atoms with van der Waals surface area (Å²) in [5, 5.41) is 10.7. The Bertz CT molecular complexity index is 347. The normalized spacial score (nSPS) is 13.0. The number of carboxylic acids is 1. The molecule has 1 heterocycles. The largest absolute Gasteiger partial charge is 0.481 e. The molecule has 1 aromatic rings. The van der Waals surface area contributed by atoms with Gasteiger partial charge in [-0.2, -0.15) is 0 Å². The third kappa shape index (κ3) is 3.61. The van der Waals surface area contributed by atoms with Gasteiger partial charge >= 0.3 is 5.97 Å². The second-order valence-electron chi connectivity index (χ2n) is 4.23. The van der Waals surface area contributed by atoms with E-state index < -0.39 is 5.97 Å².